The number of aryl methyl sites for hydroxylation is 2. The fourth-order valence-electron chi connectivity index (χ4n) is 3.85. The lowest BCUT2D eigenvalue weighted by molar-refractivity contribution is -0.136. The maximum atomic E-state index is 13.2. The minimum absolute atomic E-state index is 0.0345. The predicted octanol–water partition coefficient (Wildman–Crippen LogP) is 3.28. The van der Waals surface area contributed by atoms with E-state index in [0.717, 1.165) is 5.69 Å². The summed E-state index contributed by atoms with van der Waals surface area (Å²) >= 11 is 0. The van der Waals surface area contributed by atoms with Crippen LogP contribution in [-0.2, 0) is 28.0 Å². The highest BCUT2D eigenvalue weighted by Crippen LogP contribution is 2.18. The molecule has 2 aromatic heterocycles. The average Bonchev–Trinajstić information content (AvgIpc) is 3.25. The third-order valence-corrected chi connectivity index (χ3v) is 7.45. The van der Waals surface area contributed by atoms with Crippen LogP contribution < -0.4 is 11.1 Å². The van der Waals surface area contributed by atoms with E-state index in [-0.39, 0.29) is 34.2 Å². The Morgan fingerprint density at radius 3 is 2.56 bits per heavy atom. The maximum absolute atomic E-state index is 13.2. The van der Waals surface area contributed by atoms with Crippen molar-refractivity contribution in [1.82, 2.24) is 14.8 Å². The zero-order valence-corrected chi connectivity index (χ0v) is 23.2. The van der Waals surface area contributed by atoms with Crippen molar-refractivity contribution in [3.05, 3.63) is 101 Å². The molecule has 4 rings (SSSR count). The molecule has 2 heterocycles. The van der Waals surface area contributed by atoms with Crippen LogP contribution in [-0.4, -0.2) is 48.1 Å². The van der Waals surface area contributed by atoms with Gasteiger partial charge in [0, 0.05) is 35.6 Å². The van der Waals surface area contributed by atoms with Gasteiger partial charge in [0.1, 0.15) is 11.5 Å². The minimum atomic E-state index is -3.18. The Morgan fingerprint density at radius 1 is 1.10 bits per heavy atom. The molecule has 1 unspecified atom stereocenters. The number of aromatic nitrogens is 3. The summed E-state index contributed by atoms with van der Waals surface area (Å²) in [6.07, 6.45) is 2.27. The number of benzene rings is 2. The number of carbonyl (C=O) groups is 3. The molecule has 0 saturated carbocycles. The third kappa shape index (κ3) is 7.23. The highest BCUT2D eigenvalue weighted by atomic mass is 32.2. The lowest BCUT2D eigenvalue weighted by Crippen LogP contribution is -2.16. The smallest absolute Gasteiger partial charge is 0.307 e. The number of nitrogens with one attached hydrogen (secondary N) is 1. The van der Waals surface area contributed by atoms with Crippen molar-refractivity contribution in [2.24, 2.45) is 11.4 Å². The average molecular weight is 571 g/mol. The van der Waals surface area contributed by atoms with Gasteiger partial charge in [0.15, 0.2) is 0 Å². The Bertz CT molecular complexity index is 1880. The van der Waals surface area contributed by atoms with E-state index in [0.29, 0.717) is 22.5 Å². The van der Waals surface area contributed by atoms with Crippen molar-refractivity contribution in [2.45, 2.75) is 18.2 Å². The molecule has 0 aliphatic rings. The molecule has 208 valence electrons. The summed E-state index contributed by atoms with van der Waals surface area (Å²) < 4.78 is 18.6. The molecule has 1 atom stereocenters. The molecule has 2 aromatic carbocycles. The normalized spacial score (nSPS) is 12.0. The van der Waals surface area contributed by atoms with Crippen LogP contribution in [0, 0.1) is 18.8 Å². The van der Waals surface area contributed by atoms with Crippen molar-refractivity contribution in [2.75, 3.05) is 17.3 Å². The fraction of sp³-hybridized carbons (Fsp3) is 0.138. The van der Waals surface area contributed by atoms with Crippen molar-refractivity contribution < 1.29 is 23.7 Å². The zero-order valence-electron chi connectivity index (χ0n) is 22.4. The van der Waals surface area contributed by atoms with Crippen molar-refractivity contribution in [3.8, 4) is 11.8 Å². The molecule has 4 N–H and O–H groups in total. The second-order valence-corrected chi connectivity index (χ2v) is 11.4. The summed E-state index contributed by atoms with van der Waals surface area (Å²) in [6.45, 7) is 1.80. The summed E-state index contributed by atoms with van der Waals surface area (Å²) in [5, 5.41) is 16.0. The molecule has 4 aromatic rings. The number of nitrogens with two attached hydrogens (primary N) is 1. The molecular formula is C29H26N6O5S. The van der Waals surface area contributed by atoms with Crippen LogP contribution in [0.2, 0.25) is 0 Å². The minimum Gasteiger partial charge on any atom is -0.481 e. The Labute approximate surface area is 236 Å². The van der Waals surface area contributed by atoms with Crippen LogP contribution in [0.5, 0.6) is 0 Å². The highest BCUT2D eigenvalue weighted by molar-refractivity contribution is 7.93. The number of nitrogen functional groups attached to an aromatic ring is 1. The van der Waals surface area contributed by atoms with Gasteiger partial charge < -0.3 is 16.2 Å². The van der Waals surface area contributed by atoms with Crippen LogP contribution in [0.4, 0.5) is 11.5 Å². The first-order chi connectivity index (χ1) is 19.4. The largest absolute Gasteiger partial charge is 0.481 e. The van der Waals surface area contributed by atoms with E-state index >= 15 is 0 Å². The van der Waals surface area contributed by atoms with Gasteiger partial charge >= 0.3 is 5.97 Å². The van der Waals surface area contributed by atoms with Gasteiger partial charge in [-0.1, -0.05) is 30.0 Å². The Balaban J connectivity index is 1.56. The van der Waals surface area contributed by atoms with Gasteiger partial charge in [-0.2, -0.15) is 9.46 Å². The first-order valence-corrected chi connectivity index (χ1v) is 14.1. The number of carboxylic acids is 1. The van der Waals surface area contributed by atoms with Gasteiger partial charge in [-0.15, -0.1) is 0 Å². The van der Waals surface area contributed by atoms with Gasteiger partial charge in [-0.25, -0.2) is 9.19 Å². The molecule has 0 radical (unpaired) electrons. The quantitative estimate of drug-likeness (QED) is 0.297. The van der Waals surface area contributed by atoms with Crippen LogP contribution >= 0.6 is 0 Å². The van der Waals surface area contributed by atoms with E-state index in [4.69, 9.17) is 10.8 Å². The van der Waals surface area contributed by atoms with E-state index in [1.54, 1.807) is 56.4 Å². The maximum Gasteiger partial charge on any atom is 0.307 e. The zero-order chi connectivity index (χ0) is 29.7. The van der Waals surface area contributed by atoms with Gasteiger partial charge in [0.05, 0.1) is 33.0 Å². The third-order valence-electron chi connectivity index (χ3n) is 5.81. The Hall–Kier alpha value is -5.28. The number of rotatable bonds is 6. The first kappa shape index (κ1) is 28.7. The predicted molar refractivity (Wildman–Crippen MR) is 154 cm³/mol. The van der Waals surface area contributed by atoms with Crippen LogP contribution in [0.25, 0.3) is 0 Å². The second kappa shape index (κ2) is 11.8. The van der Waals surface area contributed by atoms with E-state index < -0.39 is 21.6 Å². The van der Waals surface area contributed by atoms with E-state index in [2.05, 4.69) is 31.6 Å². The van der Waals surface area contributed by atoms with Gasteiger partial charge in [-0.05, 0) is 55.0 Å². The molecule has 11 nitrogen and oxygen atoms in total. The molecule has 0 saturated heterocycles. The summed E-state index contributed by atoms with van der Waals surface area (Å²) in [7, 11) is -1.50. The number of carbonyl (C=O) groups excluding carboxylic acids is 2. The molecular weight excluding hydrogens is 544 g/mol. The molecule has 41 heavy (non-hydrogen) atoms. The van der Waals surface area contributed by atoms with Crippen molar-refractivity contribution >= 4 is 39.0 Å². The molecule has 12 heteroatoms. The monoisotopic (exact) mass is 570 g/mol. The summed E-state index contributed by atoms with van der Waals surface area (Å²) in [5.74, 6) is 3.78. The summed E-state index contributed by atoms with van der Waals surface area (Å²) in [4.78, 5) is 40.8. The molecule has 0 aliphatic heterocycles. The SMILES string of the molecule is Cc1cc(C(=O)Nc2cccc(C#Cc3cc(C(=O)N=S(C)(=O)c4cccc(CC(=O)O)c4)cnc3N)c2)n(C)n1. The number of anilines is 2. The standard InChI is InChI=1S/C29H26N6O5S/c1-18-12-25(35(2)33-18)29(39)32-23-8-4-6-19(13-23)10-11-21-16-22(17-31-27(21)30)28(38)34-41(3,40)24-9-5-7-20(14-24)15-26(36)37/h4-9,12-14,16-17H,15H2,1-3H3,(H2,30,31)(H,32,39)(H,36,37). The number of amides is 2. The molecule has 0 fully saturated rings. The van der Waals surface area contributed by atoms with E-state index in [1.165, 1.54) is 35.3 Å². The lowest BCUT2D eigenvalue weighted by Gasteiger charge is -2.07. The number of hydrogen-bond donors (Lipinski definition) is 3. The number of carboxylic acid groups (broad SMARTS) is 1. The summed E-state index contributed by atoms with van der Waals surface area (Å²) in [5.41, 5.74) is 8.95. The molecule has 0 spiro atoms. The summed E-state index contributed by atoms with van der Waals surface area (Å²) in [6, 6.07) is 16.1. The van der Waals surface area contributed by atoms with Crippen molar-refractivity contribution in [1.29, 1.82) is 0 Å². The molecule has 0 bridgehead atoms. The second-order valence-electron chi connectivity index (χ2n) is 9.15. The number of hydrogen-bond acceptors (Lipinski definition) is 7. The highest BCUT2D eigenvalue weighted by Gasteiger charge is 2.15. The van der Waals surface area contributed by atoms with Gasteiger partial charge in [0.2, 0.25) is 0 Å². The van der Waals surface area contributed by atoms with Crippen LogP contribution in [0.15, 0.2) is 76.1 Å². The van der Waals surface area contributed by atoms with E-state index in [9.17, 15) is 18.6 Å². The van der Waals surface area contributed by atoms with Crippen molar-refractivity contribution in [3.63, 3.8) is 0 Å². The van der Waals surface area contributed by atoms with Gasteiger partial charge in [0.25, 0.3) is 11.8 Å². The topological polar surface area (TPSA) is 170 Å². The Kier molecular flexibility index (Phi) is 8.30. The lowest BCUT2D eigenvalue weighted by atomic mass is 10.1. The Morgan fingerprint density at radius 2 is 1.85 bits per heavy atom. The number of pyridine rings is 1. The van der Waals surface area contributed by atoms with Crippen LogP contribution in [0.1, 0.15) is 43.2 Å². The number of aliphatic carboxylic acids is 1. The molecule has 0 aliphatic carbocycles. The first-order valence-electron chi connectivity index (χ1n) is 12.2. The molecule has 2 amide bonds. The van der Waals surface area contributed by atoms with Crippen LogP contribution in [0.3, 0.4) is 0 Å². The fourth-order valence-corrected chi connectivity index (χ4v) is 5.08. The van der Waals surface area contributed by atoms with Gasteiger partial charge in [-0.3, -0.25) is 19.1 Å². The van der Waals surface area contributed by atoms with E-state index in [1.807, 2.05) is 0 Å². The number of nitrogens with zero attached hydrogens (tertiary/aromatic N) is 4.